The van der Waals surface area contributed by atoms with Crippen LogP contribution in [0.5, 0.6) is 0 Å². The molecule has 1 aliphatic rings. The smallest absolute Gasteiger partial charge is 0.00818 e. The second-order valence-corrected chi connectivity index (χ2v) is 8.63. The lowest BCUT2D eigenvalue weighted by molar-refractivity contribution is 0.590. The predicted octanol–water partition coefficient (Wildman–Crippen LogP) is 7.53. The summed E-state index contributed by atoms with van der Waals surface area (Å²) in [6, 6.07) is 24.9. The Hall–Kier alpha value is -2.86. The SMILES string of the molecule is CC(C)(C)c1ccc(-c2ccc3c4c(c5ccccc5c3c2)CC=C4)cc1. The van der Waals surface area contributed by atoms with Crippen molar-refractivity contribution in [2.45, 2.75) is 32.6 Å². The quantitative estimate of drug-likeness (QED) is 0.312. The molecule has 0 nitrogen and oxygen atoms in total. The molecule has 0 atom stereocenters. The molecule has 0 heteroatoms. The second-order valence-electron chi connectivity index (χ2n) is 8.63. The fourth-order valence-electron chi connectivity index (χ4n) is 4.34. The van der Waals surface area contributed by atoms with E-state index in [-0.39, 0.29) is 5.41 Å². The van der Waals surface area contributed by atoms with E-state index in [2.05, 4.69) is 99.7 Å². The van der Waals surface area contributed by atoms with Gasteiger partial charge in [0.2, 0.25) is 0 Å². The van der Waals surface area contributed by atoms with Gasteiger partial charge in [0.1, 0.15) is 0 Å². The van der Waals surface area contributed by atoms with Crippen LogP contribution in [0.3, 0.4) is 0 Å². The Kier molecular flexibility index (Phi) is 3.52. The van der Waals surface area contributed by atoms with Crippen molar-refractivity contribution in [1.29, 1.82) is 0 Å². The molecule has 0 heterocycles. The summed E-state index contributed by atoms with van der Waals surface area (Å²) < 4.78 is 0. The Bertz CT molecular complexity index is 1200. The van der Waals surface area contributed by atoms with Crippen molar-refractivity contribution >= 4 is 27.6 Å². The van der Waals surface area contributed by atoms with Gasteiger partial charge >= 0.3 is 0 Å². The van der Waals surface area contributed by atoms with Crippen LogP contribution in [0, 0.1) is 0 Å². The highest BCUT2D eigenvalue weighted by molar-refractivity contribution is 6.14. The summed E-state index contributed by atoms with van der Waals surface area (Å²) in [5, 5.41) is 5.48. The molecule has 0 fully saturated rings. The van der Waals surface area contributed by atoms with Crippen LogP contribution in [0.15, 0.2) is 72.8 Å². The van der Waals surface area contributed by atoms with Crippen molar-refractivity contribution in [3.8, 4) is 11.1 Å². The van der Waals surface area contributed by atoms with E-state index in [1.54, 1.807) is 0 Å². The van der Waals surface area contributed by atoms with E-state index in [0.29, 0.717) is 0 Å². The van der Waals surface area contributed by atoms with Crippen LogP contribution in [0.25, 0.3) is 38.7 Å². The first kappa shape index (κ1) is 16.3. The molecule has 0 saturated heterocycles. The van der Waals surface area contributed by atoms with Crippen LogP contribution in [0.4, 0.5) is 0 Å². The Labute approximate surface area is 161 Å². The molecule has 0 radical (unpaired) electrons. The third-order valence-electron chi connectivity index (χ3n) is 5.87. The number of rotatable bonds is 1. The Morgan fingerprint density at radius 3 is 2.11 bits per heavy atom. The largest absolute Gasteiger partial charge is 0.0795 e. The van der Waals surface area contributed by atoms with Crippen molar-refractivity contribution < 1.29 is 0 Å². The molecule has 0 aliphatic heterocycles. The van der Waals surface area contributed by atoms with Crippen molar-refractivity contribution in [3.63, 3.8) is 0 Å². The van der Waals surface area contributed by atoms with E-state index in [0.717, 1.165) is 6.42 Å². The lowest BCUT2D eigenvalue weighted by atomic mass is 9.86. The maximum Gasteiger partial charge on any atom is -0.00818 e. The van der Waals surface area contributed by atoms with Gasteiger partial charge in [-0.15, -0.1) is 0 Å². The number of allylic oxidation sites excluding steroid dienone is 1. The summed E-state index contributed by atoms with van der Waals surface area (Å²) in [6.07, 6.45) is 5.62. The summed E-state index contributed by atoms with van der Waals surface area (Å²) in [7, 11) is 0. The fraction of sp³-hybridized carbons (Fsp3) is 0.185. The normalized spacial score (nSPS) is 13.4. The van der Waals surface area contributed by atoms with E-state index in [4.69, 9.17) is 0 Å². The van der Waals surface area contributed by atoms with Crippen LogP contribution in [-0.4, -0.2) is 0 Å². The third kappa shape index (κ3) is 2.59. The number of fused-ring (bicyclic) bond motifs is 6. The summed E-state index contributed by atoms with van der Waals surface area (Å²) in [6.45, 7) is 6.79. The second kappa shape index (κ2) is 5.82. The van der Waals surface area contributed by atoms with Crippen LogP contribution in [0.2, 0.25) is 0 Å². The fourth-order valence-corrected chi connectivity index (χ4v) is 4.34. The molecular weight excluding hydrogens is 324 g/mol. The molecule has 132 valence electrons. The van der Waals surface area contributed by atoms with Gasteiger partial charge in [0.15, 0.2) is 0 Å². The van der Waals surface area contributed by atoms with Gasteiger partial charge in [-0.05, 0) is 67.3 Å². The monoisotopic (exact) mass is 348 g/mol. The maximum absolute atomic E-state index is 2.37. The van der Waals surface area contributed by atoms with Crippen molar-refractivity contribution in [2.75, 3.05) is 0 Å². The molecule has 4 aromatic rings. The zero-order valence-corrected chi connectivity index (χ0v) is 16.2. The average molecular weight is 348 g/mol. The van der Waals surface area contributed by atoms with Crippen LogP contribution in [0.1, 0.15) is 37.5 Å². The van der Waals surface area contributed by atoms with E-state index >= 15 is 0 Å². The summed E-state index contributed by atoms with van der Waals surface area (Å²) in [4.78, 5) is 0. The highest BCUT2D eigenvalue weighted by atomic mass is 14.2. The predicted molar refractivity (Wildman–Crippen MR) is 118 cm³/mol. The van der Waals surface area contributed by atoms with Crippen molar-refractivity contribution in [1.82, 2.24) is 0 Å². The zero-order chi connectivity index (χ0) is 18.6. The highest BCUT2D eigenvalue weighted by Gasteiger charge is 2.16. The average Bonchev–Trinajstić information content (AvgIpc) is 3.17. The number of hydrogen-bond acceptors (Lipinski definition) is 0. The first-order chi connectivity index (χ1) is 13.0. The molecule has 0 unspecified atom stereocenters. The van der Waals surface area contributed by atoms with Gasteiger partial charge in [0, 0.05) is 0 Å². The highest BCUT2D eigenvalue weighted by Crippen LogP contribution is 2.38. The van der Waals surface area contributed by atoms with Crippen LogP contribution < -0.4 is 0 Å². The minimum Gasteiger partial charge on any atom is -0.0795 e. The molecule has 0 N–H and O–H groups in total. The molecule has 5 rings (SSSR count). The molecule has 0 saturated carbocycles. The molecular formula is C27H24. The molecule has 27 heavy (non-hydrogen) atoms. The number of benzene rings is 4. The summed E-state index contributed by atoms with van der Waals surface area (Å²) >= 11 is 0. The standard InChI is InChI=1S/C27H24/c1-27(2,3)20-14-11-18(12-15-20)19-13-16-25-23-10-6-9-22(23)21-7-4-5-8-24(21)26(25)17-19/h4-8,10-17H,9H2,1-3H3. The Morgan fingerprint density at radius 1 is 0.667 bits per heavy atom. The molecule has 0 aromatic heterocycles. The van der Waals surface area contributed by atoms with E-state index in [1.807, 2.05) is 0 Å². The van der Waals surface area contributed by atoms with Gasteiger partial charge < -0.3 is 0 Å². The Morgan fingerprint density at radius 2 is 1.37 bits per heavy atom. The molecule has 0 bridgehead atoms. The molecule has 4 aromatic carbocycles. The molecule has 0 spiro atoms. The summed E-state index contributed by atoms with van der Waals surface area (Å²) in [5.41, 5.74) is 7.00. The van der Waals surface area contributed by atoms with Crippen molar-refractivity contribution in [2.24, 2.45) is 0 Å². The van der Waals surface area contributed by atoms with Crippen LogP contribution in [-0.2, 0) is 11.8 Å². The minimum absolute atomic E-state index is 0.186. The van der Waals surface area contributed by atoms with Gasteiger partial charge in [-0.25, -0.2) is 0 Å². The van der Waals surface area contributed by atoms with Gasteiger partial charge in [-0.2, -0.15) is 0 Å². The van der Waals surface area contributed by atoms with Gasteiger partial charge in [-0.3, -0.25) is 0 Å². The van der Waals surface area contributed by atoms with E-state index in [9.17, 15) is 0 Å². The third-order valence-corrected chi connectivity index (χ3v) is 5.87. The maximum atomic E-state index is 2.37. The first-order valence-electron chi connectivity index (χ1n) is 9.77. The van der Waals surface area contributed by atoms with Crippen molar-refractivity contribution in [3.05, 3.63) is 89.5 Å². The van der Waals surface area contributed by atoms with Gasteiger partial charge in [0.25, 0.3) is 0 Å². The Balaban J connectivity index is 1.73. The number of hydrogen-bond donors (Lipinski definition) is 0. The molecule has 1 aliphatic carbocycles. The topological polar surface area (TPSA) is 0 Å². The van der Waals surface area contributed by atoms with E-state index in [1.165, 1.54) is 49.4 Å². The van der Waals surface area contributed by atoms with Gasteiger partial charge in [0.05, 0.1) is 0 Å². The summed E-state index contributed by atoms with van der Waals surface area (Å²) in [5.74, 6) is 0. The van der Waals surface area contributed by atoms with Crippen LogP contribution >= 0.6 is 0 Å². The minimum atomic E-state index is 0.186. The first-order valence-corrected chi connectivity index (χ1v) is 9.77. The molecule has 0 amide bonds. The van der Waals surface area contributed by atoms with E-state index < -0.39 is 0 Å². The van der Waals surface area contributed by atoms with Gasteiger partial charge in [-0.1, -0.05) is 93.6 Å². The lowest BCUT2D eigenvalue weighted by Gasteiger charge is -2.19. The zero-order valence-electron chi connectivity index (χ0n) is 16.2. The lowest BCUT2D eigenvalue weighted by Crippen LogP contribution is -2.10.